The third-order valence-electron chi connectivity index (χ3n) is 2.99. The third kappa shape index (κ3) is 3.20. The molecule has 2 unspecified atom stereocenters. The quantitative estimate of drug-likeness (QED) is 0.803. The molecule has 16 heavy (non-hydrogen) atoms. The van der Waals surface area contributed by atoms with Crippen LogP contribution < -0.4 is 11.1 Å². The van der Waals surface area contributed by atoms with Crippen molar-refractivity contribution in [3.63, 3.8) is 0 Å². The zero-order valence-corrected chi connectivity index (χ0v) is 10.7. The minimum atomic E-state index is 0.447. The molecule has 1 heterocycles. The summed E-state index contributed by atoms with van der Waals surface area (Å²) in [5, 5.41) is 3.42. The van der Waals surface area contributed by atoms with Gasteiger partial charge in [-0.15, -0.1) is 0 Å². The van der Waals surface area contributed by atoms with Crippen molar-refractivity contribution in [2.24, 2.45) is 0 Å². The first-order valence-corrected chi connectivity index (χ1v) is 6.00. The minimum Gasteiger partial charge on any atom is -0.383 e. The molecule has 0 aromatic carbocycles. The number of anilines is 1. The molecule has 90 valence electrons. The van der Waals surface area contributed by atoms with E-state index in [4.69, 9.17) is 5.73 Å². The topological polar surface area (TPSA) is 50.9 Å². The molecule has 0 radical (unpaired) electrons. The van der Waals surface area contributed by atoms with Gasteiger partial charge in [0.25, 0.3) is 0 Å². The van der Waals surface area contributed by atoms with E-state index >= 15 is 0 Å². The highest BCUT2D eigenvalue weighted by atomic mass is 14.9. The van der Waals surface area contributed by atoms with Crippen molar-refractivity contribution in [1.29, 1.82) is 0 Å². The summed E-state index contributed by atoms with van der Waals surface area (Å²) in [5.41, 5.74) is 8.38. The van der Waals surface area contributed by atoms with Crippen molar-refractivity contribution in [2.75, 3.05) is 12.3 Å². The van der Waals surface area contributed by atoms with Crippen LogP contribution in [0.1, 0.15) is 44.2 Å². The Balaban J connectivity index is 2.76. The van der Waals surface area contributed by atoms with Crippen LogP contribution in [0.5, 0.6) is 0 Å². The Morgan fingerprint density at radius 1 is 1.44 bits per heavy atom. The van der Waals surface area contributed by atoms with Crippen LogP contribution in [0.4, 0.5) is 5.82 Å². The first-order chi connectivity index (χ1) is 7.56. The van der Waals surface area contributed by atoms with Crippen molar-refractivity contribution >= 4 is 5.82 Å². The minimum absolute atomic E-state index is 0.447. The van der Waals surface area contributed by atoms with Gasteiger partial charge in [0.05, 0.1) is 0 Å². The molecule has 0 fully saturated rings. The summed E-state index contributed by atoms with van der Waals surface area (Å²) in [6.07, 6.45) is 2.86. The number of aryl methyl sites for hydroxylation is 1. The Morgan fingerprint density at radius 3 is 2.69 bits per heavy atom. The highest BCUT2D eigenvalue weighted by molar-refractivity contribution is 5.46. The summed E-state index contributed by atoms with van der Waals surface area (Å²) in [6.45, 7) is 9.66. The molecule has 0 saturated heterocycles. The van der Waals surface area contributed by atoms with Gasteiger partial charge in [-0.2, -0.15) is 0 Å². The normalized spacial score (nSPS) is 14.8. The van der Waals surface area contributed by atoms with Crippen molar-refractivity contribution < 1.29 is 0 Å². The lowest BCUT2D eigenvalue weighted by atomic mass is 9.92. The molecule has 0 amide bonds. The van der Waals surface area contributed by atoms with Gasteiger partial charge in [0.2, 0.25) is 0 Å². The number of nitrogens with one attached hydrogen (secondary N) is 1. The fraction of sp³-hybridized carbons (Fsp3) is 0.615. The fourth-order valence-corrected chi connectivity index (χ4v) is 2.31. The highest BCUT2D eigenvalue weighted by Crippen LogP contribution is 2.27. The van der Waals surface area contributed by atoms with Gasteiger partial charge in [-0.25, -0.2) is 4.98 Å². The molecular formula is C13H23N3. The van der Waals surface area contributed by atoms with Crippen LogP contribution in [-0.2, 0) is 0 Å². The average molecular weight is 221 g/mol. The second-order valence-electron chi connectivity index (χ2n) is 4.52. The average Bonchev–Trinajstić information content (AvgIpc) is 2.17. The molecule has 0 aliphatic heterocycles. The maximum atomic E-state index is 5.94. The standard InChI is InChI=1S/C13H23N3/c1-5-15-11(4)8-10(3)12-9(2)6-7-16-13(12)14/h6-7,10-11,15H,5,8H2,1-4H3,(H2,14,16). The Hall–Kier alpha value is -1.09. The van der Waals surface area contributed by atoms with Crippen LogP contribution in [0.3, 0.4) is 0 Å². The lowest BCUT2D eigenvalue weighted by Gasteiger charge is -2.20. The van der Waals surface area contributed by atoms with Gasteiger partial charge in [-0.05, 0) is 44.4 Å². The summed E-state index contributed by atoms with van der Waals surface area (Å²) in [6, 6.07) is 2.54. The van der Waals surface area contributed by atoms with Gasteiger partial charge in [0.1, 0.15) is 5.82 Å². The van der Waals surface area contributed by atoms with E-state index in [-0.39, 0.29) is 0 Å². The second kappa shape index (κ2) is 5.85. The van der Waals surface area contributed by atoms with E-state index in [0.717, 1.165) is 13.0 Å². The summed E-state index contributed by atoms with van der Waals surface area (Å²) >= 11 is 0. The van der Waals surface area contributed by atoms with E-state index < -0.39 is 0 Å². The summed E-state index contributed by atoms with van der Waals surface area (Å²) in [4.78, 5) is 4.17. The molecule has 0 bridgehead atoms. The lowest BCUT2D eigenvalue weighted by molar-refractivity contribution is 0.490. The first-order valence-electron chi connectivity index (χ1n) is 6.00. The largest absolute Gasteiger partial charge is 0.383 e. The van der Waals surface area contributed by atoms with Gasteiger partial charge in [-0.3, -0.25) is 0 Å². The number of hydrogen-bond donors (Lipinski definition) is 2. The molecule has 2 atom stereocenters. The number of hydrogen-bond acceptors (Lipinski definition) is 3. The first kappa shape index (κ1) is 13.0. The monoisotopic (exact) mass is 221 g/mol. The maximum Gasteiger partial charge on any atom is 0.127 e. The molecule has 3 heteroatoms. The van der Waals surface area contributed by atoms with Gasteiger partial charge in [0, 0.05) is 17.8 Å². The summed E-state index contributed by atoms with van der Waals surface area (Å²) in [7, 11) is 0. The van der Waals surface area contributed by atoms with E-state index in [9.17, 15) is 0 Å². The van der Waals surface area contributed by atoms with E-state index in [1.165, 1.54) is 11.1 Å². The number of nitrogens with two attached hydrogens (primary N) is 1. The van der Waals surface area contributed by atoms with Gasteiger partial charge in [-0.1, -0.05) is 13.8 Å². The van der Waals surface area contributed by atoms with Crippen LogP contribution in [0.15, 0.2) is 12.3 Å². The Morgan fingerprint density at radius 2 is 2.12 bits per heavy atom. The highest BCUT2D eigenvalue weighted by Gasteiger charge is 2.15. The van der Waals surface area contributed by atoms with Crippen molar-refractivity contribution in [3.05, 3.63) is 23.4 Å². The molecule has 0 aliphatic carbocycles. The van der Waals surface area contributed by atoms with Gasteiger partial charge < -0.3 is 11.1 Å². The second-order valence-corrected chi connectivity index (χ2v) is 4.52. The SMILES string of the molecule is CCNC(C)CC(C)c1c(C)ccnc1N. The predicted molar refractivity (Wildman–Crippen MR) is 69.6 cm³/mol. The zero-order valence-electron chi connectivity index (χ0n) is 10.7. The van der Waals surface area contributed by atoms with Gasteiger partial charge in [0.15, 0.2) is 0 Å². The van der Waals surface area contributed by atoms with Crippen LogP contribution in [0.2, 0.25) is 0 Å². The van der Waals surface area contributed by atoms with Crippen LogP contribution in [0, 0.1) is 6.92 Å². The van der Waals surface area contributed by atoms with Crippen LogP contribution in [-0.4, -0.2) is 17.6 Å². The number of nitrogen functional groups attached to an aromatic ring is 1. The third-order valence-corrected chi connectivity index (χ3v) is 2.99. The number of rotatable bonds is 5. The smallest absolute Gasteiger partial charge is 0.127 e. The molecule has 0 spiro atoms. The molecule has 1 rings (SSSR count). The van der Waals surface area contributed by atoms with Crippen molar-refractivity contribution in [3.8, 4) is 0 Å². The molecular weight excluding hydrogens is 198 g/mol. The molecule has 0 aliphatic rings. The molecule has 0 saturated carbocycles. The van der Waals surface area contributed by atoms with Gasteiger partial charge >= 0.3 is 0 Å². The zero-order chi connectivity index (χ0) is 12.1. The number of aromatic nitrogens is 1. The Kier molecular flexibility index (Phi) is 4.74. The molecule has 3 N–H and O–H groups in total. The van der Waals surface area contributed by atoms with E-state index in [1.807, 2.05) is 6.07 Å². The lowest BCUT2D eigenvalue weighted by Crippen LogP contribution is -2.27. The fourth-order valence-electron chi connectivity index (χ4n) is 2.31. The predicted octanol–water partition coefficient (Wildman–Crippen LogP) is 2.46. The summed E-state index contributed by atoms with van der Waals surface area (Å²) in [5.74, 6) is 1.12. The number of pyridine rings is 1. The molecule has 1 aromatic rings. The number of nitrogens with zero attached hydrogens (tertiary/aromatic N) is 1. The maximum absolute atomic E-state index is 5.94. The van der Waals surface area contributed by atoms with E-state index in [2.05, 4.69) is 38.0 Å². The van der Waals surface area contributed by atoms with Crippen LogP contribution >= 0.6 is 0 Å². The van der Waals surface area contributed by atoms with E-state index in [1.54, 1.807) is 6.20 Å². The molecule has 3 nitrogen and oxygen atoms in total. The Labute approximate surface area is 98.5 Å². The summed E-state index contributed by atoms with van der Waals surface area (Å²) < 4.78 is 0. The van der Waals surface area contributed by atoms with Crippen molar-refractivity contribution in [2.45, 2.75) is 46.1 Å². The van der Waals surface area contributed by atoms with E-state index in [0.29, 0.717) is 17.8 Å². The molecule has 1 aromatic heterocycles. The van der Waals surface area contributed by atoms with Crippen LogP contribution in [0.25, 0.3) is 0 Å². The Bertz CT molecular complexity index is 316. The van der Waals surface area contributed by atoms with Crippen molar-refractivity contribution in [1.82, 2.24) is 10.3 Å².